The third kappa shape index (κ3) is 5.63. The second-order valence-electron chi connectivity index (χ2n) is 5.62. The average Bonchev–Trinajstić information content (AvgIpc) is 2.71. The molecule has 0 saturated heterocycles. The Balaban J connectivity index is 1.43. The van der Waals surface area contributed by atoms with Gasteiger partial charge in [-0.25, -0.2) is 9.97 Å². The zero-order chi connectivity index (χ0) is 18.9. The van der Waals surface area contributed by atoms with Crippen LogP contribution in [-0.2, 0) is 6.54 Å². The van der Waals surface area contributed by atoms with Gasteiger partial charge in [-0.2, -0.15) is 4.98 Å². The Kier molecular flexibility index (Phi) is 6.08. The molecule has 1 aromatic carbocycles. The van der Waals surface area contributed by atoms with E-state index in [1.54, 1.807) is 12.3 Å². The summed E-state index contributed by atoms with van der Waals surface area (Å²) in [6.07, 6.45) is 2.91. The van der Waals surface area contributed by atoms with Gasteiger partial charge in [0.25, 0.3) is 5.69 Å². The minimum absolute atomic E-state index is 0.0353. The Morgan fingerprint density at radius 2 is 1.70 bits per heavy atom. The van der Waals surface area contributed by atoms with Gasteiger partial charge < -0.3 is 16.0 Å². The van der Waals surface area contributed by atoms with Crippen LogP contribution in [0.1, 0.15) is 5.56 Å². The van der Waals surface area contributed by atoms with Crippen LogP contribution in [0.3, 0.4) is 0 Å². The van der Waals surface area contributed by atoms with Gasteiger partial charge in [-0.05, 0) is 17.7 Å². The van der Waals surface area contributed by atoms with E-state index < -0.39 is 4.92 Å². The summed E-state index contributed by atoms with van der Waals surface area (Å²) in [5.74, 6) is 1.83. The number of benzene rings is 1. The number of nitrogens with one attached hydrogen (secondary N) is 3. The lowest BCUT2D eigenvalue weighted by atomic mass is 10.2. The number of pyridine rings is 1. The lowest BCUT2D eigenvalue weighted by Gasteiger charge is -2.09. The molecule has 9 nitrogen and oxygen atoms in total. The molecule has 138 valence electrons. The molecule has 0 aliphatic heterocycles. The first-order valence-corrected chi connectivity index (χ1v) is 8.40. The summed E-state index contributed by atoms with van der Waals surface area (Å²) in [6.45, 7) is 1.82. The lowest BCUT2D eigenvalue weighted by molar-refractivity contribution is -0.385. The fourth-order valence-electron chi connectivity index (χ4n) is 2.29. The highest BCUT2D eigenvalue weighted by molar-refractivity contribution is 5.42. The lowest BCUT2D eigenvalue weighted by Crippen LogP contribution is -2.16. The minimum Gasteiger partial charge on any atom is -0.368 e. The Morgan fingerprint density at radius 1 is 0.889 bits per heavy atom. The van der Waals surface area contributed by atoms with Crippen LogP contribution < -0.4 is 16.0 Å². The first kappa shape index (κ1) is 18.1. The van der Waals surface area contributed by atoms with E-state index in [-0.39, 0.29) is 5.69 Å². The van der Waals surface area contributed by atoms with E-state index >= 15 is 0 Å². The van der Waals surface area contributed by atoms with Gasteiger partial charge in [-0.1, -0.05) is 30.3 Å². The molecular weight excluding hydrogens is 346 g/mol. The molecule has 0 spiro atoms. The molecule has 0 atom stereocenters. The Bertz CT molecular complexity index is 872. The standard InChI is InChI=1S/C18H19N7O2/c26-25(27)15-6-7-16(23-13-15)19-10-11-21-18-20-9-8-17(24-18)22-12-14-4-2-1-3-5-14/h1-9,13H,10-12H2,(H,19,23)(H2,20,21,22,24). The van der Waals surface area contributed by atoms with Crippen LogP contribution in [0.25, 0.3) is 0 Å². The van der Waals surface area contributed by atoms with Gasteiger partial charge in [0, 0.05) is 31.9 Å². The van der Waals surface area contributed by atoms with E-state index in [1.165, 1.54) is 17.8 Å². The number of hydrogen-bond donors (Lipinski definition) is 3. The summed E-state index contributed by atoms with van der Waals surface area (Å²) in [5, 5.41) is 20.1. The van der Waals surface area contributed by atoms with Crippen molar-refractivity contribution >= 4 is 23.3 Å². The molecule has 0 saturated carbocycles. The molecule has 0 fully saturated rings. The van der Waals surface area contributed by atoms with Crippen molar-refractivity contribution in [2.75, 3.05) is 29.0 Å². The maximum Gasteiger partial charge on any atom is 0.287 e. The average molecular weight is 365 g/mol. The van der Waals surface area contributed by atoms with E-state index in [0.717, 1.165) is 5.82 Å². The fourth-order valence-corrected chi connectivity index (χ4v) is 2.29. The van der Waals surface area contributed by atoms with E-state index in [1.807, 2.05) is 36.4 Å². The van der Waals surface area contributed by atoms with Crippen molar-refractivity contribution in [3.8, 4) is 0 Å². The number of aromatic nitrogens is 3. The highest BCUT2D eigenvalue weighted by atomic mass is 16.6. The zero-order valence-corrected chi connectivity index (χ0v) is 14.5. The molecule has 0 unspecified atom stereocenters. The molecule has 3 N–H and O–H groups in total. The second kappa shape index (κ2) is 9.09. The van der Waals surface area contributed by atoms with Gasteiger partial charge in [-0.15, -0.1) is 0 Å². The van der Waals surface area contributed by atoms with Crippen molar-refractivity contribution in [3.63, 3.8) is 0 Å². The summed E-state index contributed by atoms with van der Waals surface area (Å²) in [7, 11) is 0. The largest absolute Gasteiger partial charge is 0.368 e. The highest BCUT2D eigenvalue weighted by Gasteiger charge is 2.05. The molecule has 0 aliphatic carbocycles. The van der Waals surface area contributed by atoms with Crippen molar-refractivity contribution in [1.82, 2.24) is 15.0 Å². The number of nitrogens with zero attached hydrogens (tertiary/aromatic N) is 4. The quantitative estimate of drug-likeness (QED) is 0.301. The summed E-state index contributed by atoms with van der Waals surface area (Å²) < 4.78 is 0. The van der Waals surface area contributed by atoms with Crippen LogP contribution in [0.4, 0.5) is 23.3 Å². The molecular formula is C18H19N7O2. The SMILES string of the molecule is O=[N+]([O-])c1ccc(NCCNc2nccc(NCc3ccccc3)n2)nc1. The van der Waals surface area contributed by atoms with Gasteiger partial charge in [-0.3, -0.25) is 10.1 Å². The van der Waals surface area contributed by atoms with Crippen molar-refractivity contribution in [2.24, 2.45) is 0 Å². The van der Waals surface area contributed by atoms with Gasteiger partial charge in [0.05, 0.1) is 4.92 Å². The van der Waals surface area contributed by atoms with Crippen molar-refractivity contribution in [3.05, 3.63) is 76.6 Å². The number of rotatable bonds is 9. The molecule has 3 aromatic rings. The summed E-state index contributed by atoms with van der Waals surface area (Å²) >= 11 is 0. The minimum atomic E-state index is -0.478. The van der Waals surface area contributed by atoms with Crippen molar-refractivity contribution < 1.29 is 4.92 Å². The monoisotopic (exact) mass is 365 g/mol. The Labute approximate surface area is 156 Å². The summed E-state index contributed by atoms with van der Waals surface area (Å²) in [5.41, 5.74) is 1.14. The molecule has 2 heterocycles. The predicted octanol–water partition coefficient (Wildman–Crippen LogP) is 2.92. The van der Waals surface area contributed by atoms with Gasteiger partial charge >= 0.3 is 0 Å². The van der Waals surface area contributed by atoms with Crippen molar-refractivity contribution in [2.45, 2.75) is 6.54 Å². The van der Waals surface area contributed by atoms with Gasteiger partial charge in [0.2, 0.25) is 5.95 Å². The fraction of sp³-hybridized carbons (Fsp3) is 0.167. The predicted molar refractivity (Wildman–Crippen MR) is 104 cm³/mol. The molecule has 2 aromatic heterocycles. The Hall–Kier alpha value is -3.75. The van der Waals surface area contributed by atoms with Crippen LogP contribution in [0, 0.1) is 10.1 Å². The van der Waals surface area contributed by atoms with Crippen LogP contribution in [-0.4, -0.2) is 33.0 Å². The molecule has 0 amide bonds. The third-order valence-electron chi connectivity index (χ3n) is 3.64. The van der Waals surface area contributed by atoms with Crippen LogP contribution in [0.5, 0.6) is 0 Å². The topological polar surface area (TPSA) is 118 Å². The van der Waals surface area contributed by atoms with Gasteiger partial charge in [0.15, 0.2) is 0 Å². The number of anilines is 3. The van der Waals surface area contributed by atoms with Crippen LogP contribution >= 0.6 is 0 Å². The molecule has 27 heavy (non-hydrogen) atoms. The van der Waals surface area contributed by atoms with Crippen molar-refractivity contribution in [1.29, 1.82) is 0 Å². The maximum atomic E-state index is 10.6. The van der Waals surface area contributed by atoms with E-state index in [9.17, 15) is 10.1 Å². The van der Waals surface area contributed by atoms with Crippen LogP contribution in [0.15, 0.2) is 60.9 Å². The molecule has 3 rings (SSSR count). The highest BCUT2D eigenvalue weighted by Crippen LogP contribution is 2.11. The summed E-state index contributed by atoms with van der Waals surface area (Å²) in [6, 6.07) is 14.9. The number of nitro groups is 1. The first-order valence-electron chi connectivity index (χ1n) is 8.40. The molecule has 0 aliphatic rings. The van der Waals surface area contributed by atoms with Gasteiger partial charge in [0.1, 0.15) is 17.8 Å². The number of hydrogen-bond acceptors (Lipinski definition) is 8. The smallest absolute Gasteiger partial charge is 0.287 e. The normalized spacial score (nSPS) is 10.2. The third-order valence-corrected chi connectivity index (χ3v) is 3.64. The van der Waals surface area contributed by atoms with E-state index in [4.69, 9.17) is 0 Å². The van der Waals surface area contributed by atoms with Crippen LogP contribution in [0.2, 0.25) is 0 Å². The Morgan fingerprint density at radius 3 is 2.44 bits per heavy atom. The van der Waals surface area contributed by atoms with E-state index in [2.05, 4.69) is 30.9 Å². The molecule has 9 heteroatoms. The van der Waals surface area contributed by atoms with E-state index in [0.29, 0.717) is 31.4 Å². The maximum absolute atomic E-state index is 10.6. The summed E-state index contributed by atoms with van der Waals surface area (Å²) in [4.78, 5) is 22.7. The second-order valence-corrected chi connectivity index (χ2v) is 5.62. The first-order chi connectivity index (χ1) is 13.2. The molecule has 0 bridgehead atoms. The molecule has 0 radical (unpaired) electrons. The zero-order valence-electron chi connectivity index (χ0n) is 14.5.